The van der Waals surface area contributed by atoms with Gasteiger partial charge in [0.15, 0.2) is 5.78 Å². The molecule has 1 saturated heterocycles. The van der Waals surface area contributed by atoms with E-state index in [1.54, 1.807) is 0 Å². The molecule has 122 valence electrons. The van der Waals surface area contributed by atoms with Crippen LogP contribution in [0.15, 0.2) is 15.8 Å². The number of rotatable bonds is 6. The van der Waals surface area contributed by atoms with Crippen molar-refractivity contribution in [1.82, 2.24) is 9.55 Å². The highest BCUT2D eigenvalue weighted by Crippen LogP contribution is 2.30. The van der Waals surface area contributed by atoms with Gasteiger partial charge < -0.3 is 14.6 Å². The number of alkyl halides is 1. The van der Waals surface area contributed by atoms with Gasteiger partial charge in [0.1, 0.15) is 36.7 Å². The van der Waals surface area contributed by atoms with Crippen LogP contribution in [0, 0.1) is 0 Å². The molecule has 2 heterocycles. The van der Waals surface area contributed by atoms with Gasteiger partial charge in [0, 0.05) is 12.6 Å². The summed E-state index contributed by atoms with van der Waals surface area (Å²) in [5, 5.41) is 8.32. The number of Topliss-reactive ketones (excluding diaryl/α,β-unsaturated/α-hetero) is 1. The Hall–Kier alpha value is -1.55. The highest BCUT2D eigenvalue weighted by atomic mass is 35.5. The largest absolute Gasteiger partial charge is 0.388 e. The monoisotopic (exact) mass is 336 g/mol. The van der Waals surface area contributed by atoms with Crippen LogP contribution in [-0.4, -0.2) is 52.5 Å². The van der Waals surface area contributed by atoms with Crippen molar-refractivity contribution in [1.29, 1.82) is 0 Å². The standard InChI is InChI=1S/C12H14ClFN2O6/c13-7-2-16(12(20)15-11(7)19)10-1-8(14)9(22-10)5-21-4-6(18)3-17/h2,8-10,17H,1,3-5H2,(H,15,19,20)/t8-,9+,10+/m0/s1. The maximum atomic E-state index is 13.9. The average molecular weight is 337 g/mol. The third-order valence-electron chi connectivity index (χ3n) is 3.12. The molecule has 1 aliphatic heterocycles. The van der Waals surface area contributed by atoms with Crippen LogP contribution in [0.5, 0.6) is 0 Å². The molecule has 0 aromatic carbocycles. The van der Waals surface area contributed by atoms with Gasteiger partial charge in [0.05, 0.1) is 6.61 Å². The third kappa shape index (κ3) is 3.80. The molecule has 0 spiro atoms. The minimum Gasteiger partial charge on any atom is -0.388 e. The molecule has 2 N–H and O–H groups in total. The lowest BCUT2D eigenvalue weighted by molar-refractivity contribution is -0.128. The number of nitrogens with one attached hydrogen (secondary N) is 1. The molecule has 1 aromatic heterocycles. The fourth-order valence-electron chi connectivity index (χ4n) is 2.02. The number of H-pyrrole nitrogens is 1. The first kappa shape index (κ1) is 16.8. The lowest BCUT2D eigenvalue weighted by atomic mass is 10.2. The van der Waals surface area contributed by atoms with E-state index in [9.17, 15) is 18.8 Å². The summed E-state index contributed by atoms with van der Waals surface area (Å²) in [6.45, 7) is -1.20. The van der Waals surface area contributed by atoms with Crippen molar-refractivity contribution >= 4 is 17.4 Å². The Morgan fingerprint density at radius 1 is 1.59 bits per heavy atom. The second-order valence-corrected chi connectivity index (χ2v) is 5.14. The molecule has 0 bridgehead atoms. The Morgan fingerprint density at radius 2 is 2.32 bits per heavy atom. The van der Waals surface area contributed by atoms with Gasteiger partial charge in [0.2, 0.25) is 0 Å². The van der Waals surface area contributed by atoms with Crippen molar-refractivity contribution in [2.75, 3.05) is 19.8 Å². The van der Waals surface area contributed by atoms with Crippen molar-refractivity contribution in [3.63, 3.8) is 0 Å². The van der Waals surface area contributed by atoms with E-state index >= 15 is 0 Å². The Labute approximate surface area is 128 Å². The van der Waals surface area contributed by atoms with Crippen LogP contribution >= 0.6 is 11.6 Å². The highest BCUT2D eigenvalue weighted by Gasteiger charge is 2.37. The predicted octanol–water partition coefficient (Wildman–Crippen LogP) is -0.606. The van der Waals surface area contributed by atoms with Gasteiger partial charge in [0.25, 0.3) is 5.56 Å². The number of ether oxygens (including phenoxy) is 2. The molecular weight excluding hydrogens is 323 g/mol. The van der Waals surface area contributed by atoms with Gasteiger partial charge in [-0.2, -0.15) is 0 Å². The molecule has 0 radical (unpaired) electrons. The van der Waals surface area contributed by atoms with E-state index in [2.05, 4.69) is 0 Å². The molecule has 1 fully saturated rings. The summed E-state index contributed by atoms with van der Waals surface area (Å²) >= 11 is 5.63. The molecule has 0 amide bonds. The Kier molecular flexibility index (Phi) is 5.46. The molecular formula is C12H14ClFN2O6. The van der Waals surface area contributed by atoms with Crippen molar-refractivity contribution < 1.29 is 23.8 Å². The van der Waals surface area contributed by atoms with E-state index in [4.69, 9.17) is 26.2 Å². The number of halogens is 2. The molecule has 1 aromatic rings. The summed E-state index contributed by atoms with van der Waals surface area (Å²) in [6.07, 6.45) is -2.34. The van der Waals surface area contributed by atoms with Crippen LogP contribution in [-0.2, 0) is 14.3 Å². The van der Waals surface area contributed by atoms with Crippen molar-refractivity contribution in [3.8, 4) is 0 Å². The molecule has 8 nitrogen and oxygen atoms in total. The summed E-state index contributed by atoms with van der Waals surface area (Å²) in [5.74, 6) is -0.534. The summed E-state index contributed by atoms with van der Waals surface area (Å²) in [7, 11) is 0. The molecule has 2 rings (SSSR count). The number of carbonyl (C=O) groups is 1. The van der Waals surface area contributed by atoms with Crippen LogP contribution in [0.1, 0.15) is 12.6 Å². The quantitative estimate of drug-likeness (QED) is 0.717. The maximum absolute atomic E-state index is 13.9. The number of aliphatic hydroxyl groups excluding tert-OH is 1. The van der Waals surface area contributed by atoms with E-state index in [0.717, 1.165) is 10.8 Å². The molecule has 3 atom stereocenters. The van der Waals surface area contributed by atoms with E-state index in [1.165, 1.54) is 0 Å². The predicted molar refractivity (Wildman–Crippen MR) is 72.7 cm³/mol. The number of hydrogen-bond donors (Lipinski definition) is 2. The molecule has 0 unspecified atom stereocenters. The zero-order valence-corrected chi connectivity index (χ0v) is 12.1. The lowest BCUT2D eigenvalue weighted by Gasteiger charge is -2.15. The van der Waals surface area contributed by atoms with Gasteiger partial charge in [-0.25, -0.2) is 9.18 Å². The lowest BCUT2D eigenvalue weighted by Crippen LogP contribution is -2.32. The normalized spacial score (nSPS) is 24.6. The summed E-state index contributed by atoms with van der Waals surface area (Å²) in [6, 6.07) is 0. The van der Waals surface area contributed by atoms with Gasteiger partial charge >= 0.3 is 5.69 Å². The molecule has 0 aliphatic carbocycles. The van der Waals surface area contributed by atoms with Crippen LogP contribution in [0.25, 0.3) is 0 Å². The topological polar surface area (TPSA) is 111 Å². The van der Waals surface area contributed by atoms with Crippen LogP contribution in [0.2, 0.25) is 5.02 Å². The average Bonchev–Trinajstić information content (AvgIpc) is 2.83. The minimum atomic E-state index is -1.41. The van der Waals surface area contributed by atoms with Crippen LogP contribution in [0.3, 0.4) is 0 Å². The summed E-state index contributed by atoms with van der Waals surface area (Å²) in [4.78, 5) is 35.7. The number of nitrogens with zero attached hydrogens (tertiary/aromatic N) is 1. The third-order valence-corrected chi connectivity index (χ3v) is 3.39. The first-order chi connectivity index (χ1) is 10.4. The van der Waals surface area contributed by atoms with E-state index in [0.29, 0.717) is 0 Å². The number of carbonyl (C=O) groups excluding carboxylic acids is 1. The molecule has 10 heteroatoms. The van der Waals surface area contributed by atoms with Crippen LogP contribution < -0.4 is 11.2 Å². The number of aliphatic hydroxyl groups is 1. The Bertz CT molecular complexity index is 660. The Morgan fingerprint density at radius 3 is 3.00 bits per heavy atom. The minimum absolute atomic E-state index is 0.121. The van der Waals surface area contributed by atoms with E-state index in [1.807, 2.05) is 4.98 Å². The molecule has 0 saturated carbocycles. The highest BCUT2D eigenvalue weighted by molar-refractivity contribution is 6.30. The zero-order chi connectivity index (χ0) is 16.3. The SMILES string of the molecule is O=C(CO)COC[C@H]1O[C@@H](n2cc(Cl)c(=O)[nH]c2=O)C[C@@H]1F. The second kappa shape index (κ2) is 7.14. The van der Waals surface area contributed by atoms with Gasteiger partial charge in [-0.1, -0.05) is 11.6 Å². The second-order valence-electron chi connectivity index (χ2n) is 4.74. The first-order valence-corrected chi connectivity index (χ1v) is 6.81. The Balaban J connectivity index is 2.01. The van der Waals surface area contributed by atoms with Crippen molar-refractivity contribution in [2.45, 2.75) is 24.9 Å². The maximum Gasteiger partial charge on any atom is 0.330 e. The number of ketones is 1. The number of aromatic amines is 1. The molecule has 1 aliphatic rings. The summed E-state index contributed by atoms with van der Waals surface area (Å²) in [5.41, 5.74) is -1.50. The van der Waals surface area contributed by atoms with Gasteiger partial charge in [-0.15, -0.1) is 0 Å². The van der Waals surface area contributed by atoms with E-state index in [-0.39, 0.29) is 24.7 Å². The van der Waals surface area contributed by atoms with Crippen molar-refractivity contribution in [2.24, 2.45) is 0 Å². The fourth-order valence-corrected chi connectivity index (χ4v) is 2.17. The molecule has 22 heavy (non-hydrogen) atoms. The van der Waals surface area contributed by atoms with Gasteiger partial charge in [-0.05, 0) is 0 Å². The number of hydrogen-bond acceptors (Lipinski definition) is 6. The first-order valence-electron chi connectivity index (χ1n) is 6.43. The number of aromatic nitrogens is 2. The summed E-state index contributed by atoms with van der Waals surface area (Å²) < 4.78 is 25.2. The van der Waals surface area contributed by atoms with Crippen molar-refractivity contribution in [3.05, 3.63) is 32.1 Å². The van der Waals surface area contributed by atoms with Crippen LogP contribution in [0.4, 0.5) is 4.39 Å². The smallest absolute Gasteiger partial charge is 0.330 e. The van der Waals surface area contributed by atoms with E-state index < -0.39 is 42.1 Å². The zero-order valence-electron chi connectivity index (χ0n) is 11.3. The van der Waals surface area contributed by atoms with Gasteiger partial charge in [-0.3, -0.25) is 19.1 Å². The fraction of sp³-hybridized carbons (Fsp3) is 0.583.